The molecule has 1 aromatic rings. The zero-order valence-electron chi connectivity index (χ0n) is 12.6. The van der Waals surface area contributed by atoms with Crippen LogP contribution in [0.5, 0.6) is 0 Å². The van der Waals surface area contributed by atoms with E-state index in [9.17, 15) is 8.42 Å². The molecule has 0 aromatic heterocycles. The van der Waals surface area contributed by atoms with Crippen molar-refractivity contribution in [2.24, 2.45) is 0 Å². The molecule has 1 aliphatic heterocycles. The maximum absolute atomic E-state index is 12.7. The van der Waals surface area contributed by atoms with E-state index in [1.54, 1.807) is 16.4 Å². The van der Waals surface area contributed by atoms with Crippen LogP contribution >= 0.6 is 0 Å². The molecule has 5 heteroatoms. The third kappa shape index (κ3) is 3.30. The molecule has 0 radical (unpaired) electrons. The minimum Gasteiger partial charge on any atom is -0.310 e. The van der Waals surface area contributed by atoms with Crippen LogP contribution in [0.3, 0.4) is 0 Å². The minimum absolute atomic E-state index is 0.172. The van der Waals surface area contributed by atoms with Gasteiger partial charge in [-0.3, -0.25) is 0 Å². The lowest BCUT2D eigenvalue weighted by Crippen LogP contribution is -2.35. The normalized spacial score (nSPS) is 23.6. The smallest absolute Gasteiger partial charge is 0.243 e. The Kier molecular flexibility index (Phi) is 4.33. The molecule has 1 unspecified atom stereocenters. The number of rotatable bonds is 6. The molecule has 1 atom stereocenters. The molecule has 2 aliphatic rings. The van der Waals surface area contributed by atoms with Crippen LogP contribution in [0.2, 0.25) is 0 Å². The highest BCUT2D eigenvalue weighted by atomic mass is 32.2. The van der Waals surface area contributed by atoms with E-state index in [2.05, 4.69) is 12.2 Å². The van der Waals surface area contributed by atoms with Crippen molar-refractivity contribution in [3.05, 3.63) is 29.8 Å². The monoisotopic (exact) mass is 308 g/mol. The van der Waals surface area contributed by atoms with E-state index in [-0.39, 0.29) is 6.04 Å². The average molecular weight is 308 g/mol. The van der Waals surface area contributed by atoms with Gasteiger partial charge in [-0.25, -0.2) is 8.42 Å². The highest BCUT2D eigenvalue weighted by molar-refractivity contribution is 7.89. The summed E-state index contributed by atoms with van der Waals surface area (Å²) in [5.41, 5.74) is 1.15. The second-order valence-corrected chi connectivity index (χ2v) is 8.01. The Morgan fingerprint density at radius 3 is 2.52 bits per heavy atom. The van der Waals surface area contributed by atoms with Crippen molar-refractivity contribution in [2.75, 3.05) is 6.54 Å². The van der Waals surface area contributed by atoms with Crippen LogP contribution in [0.25, 0.3) is 0 Å². The van der Waals surface area contributed by atoms with Gasteiger partial charge in [0.05, 0.1) is 4.90 Å². The van der Waals surface area contributed by atoms with Gasteiger partial charge in [-0.1, -0.05) is 19.1 Å². The standard InChI is InChI=1S/C16H24N2O2S/c1-2-15-4-3-11-18(15)21(19,20)16-9-5-13(6-10-16)12-17-14-7-8-14/h5-6,9-10,14-15,17H,2-4,7-8,11-12H2,1H3. The Morgan fingerprint density at radius 2 is 1.90 bits per heavy atom. The number of benzene rings is 1. The van der Waals surface area contributed by atoms with Crippen LogP contribution in [0, 0.1) is 0 Å². The Bertz CT molecular complexity index is 579. The first-order valence-corrected chi connectivity index (χ1v) is 9.39. The van der Waals surface area contributed by atoms with Crippen molar-refractivity contribution in [2.45, 2.75) is 62.6 Å². The van der Waals surface area contributed by atoms with Crippen LogP contribution in [-0.2, 0) is 16.6 Å². The summed E-state index contributed by atoms with van der Waals surface area (Å²) >= 11 is 0. The fourth-order valence-corrected chi connectivity index (χ4v) is 4.77. The molecule has 116 valence electrons. The summed E-state index contributed by atoms with van der Waals surface area (Å²) in [5.74, 6) is 0. The lowest BCUT2D eigenvalue weighted by molar-refractivity contribution is 0.379. The first-order chi connectivity index (χ1) is 10.1. The van der Waals surface area contributed by atoms with Gasteiger partial charge in [0, 0.05) is 25.2 Å². The van der Waals surface area contributed by atoms with Crippen LogP contribution in [0.1, 0.15) is 44.6 Å². The van der Waals surface area contributed by atoms with Crippen LogP contribution in [-0.4, -0.2) is 31.4 Å². The van der Waals surface area contributed by atoms with Crippen molar-refractivity contribution in [1.82, 2.24) is 9.62 Å². The van der Waals surface area contributed by atoms with Crippen molar-refractivity contribution in [3.63, 3.8) is 0 Å². The molecular weight excluding hydrogens is 284 g/mol. The second kappa shape index (κ2) is 6.07. The summed E-state index contributed by atoms with van der Waals surface area (Å²) in [5, 5.41) is 3.44. The second-order valence-electron chi connectivity index (χ2n) is 6.12. The minimum atomic E-state index is -3.32. The van der Waals surface area contributed by atoms with E-state index in [4.69, 9.17) is 0 Å². The fraction of sp³-hybridized carbons (Fsp3) is 0.625. The third-order valence-electron chi connectivity index (χ3n) is 4.50. The summed E-state index contributed by atoms with van der Waals surface area (Å²) in [6.45, 7) is 3.54. The van der Waals surface area contributed by atoms with Gasteiger partial charge >= 0.3 is 0 Å². The highest BCUT2D eigenvalue weighted by Gasteiger charge is 2.34. The van der Waals surface area contributed by atoms with Crippen LogP contribution in [0.4, 0.5) is 0 Å². The van der Waals surface area contributed by atoms with Gasteiger partial charge < -0.3 is 5.32 Å². The fourth-order valence-electron chi connectivity index (χ4n) is 3.00. The van der Waals surface area contributed by atoms with Gasteiger partial charge in [-0.05, 0) is 49.8 Å². The molecule has 1 saturated carbocycles. The van der Waals surface area contributed by atoms with E-state index in [0.717, 1.165) is 31.4 Å². The predicted octanol–water partition coefficient (Wildman–Crippen LogP) is 2.50. The number of nitrogens with one attached hydrogen (secondary N) is 1. The van der Waals surface area contributed by atoms with Crippen molar-refractivity contribution in [3.8, 4) is 0 Å². The molecule has 0 spiro atoms. The van der Waals surface area contributed by atoms with E-state index < -0.39 is 10.0 Å². The Labute approximate surface area is 127 Å². The molecule has 4 nitrogen and oxygen atoms in total. The SMILES string of the molecule is CCC1CCCN1S(=O)(=O)c1ccc(CNC2CC2)cc1. The third-order valence-corrected chi connectivity index (χ3v) is 6.46. The molecule has 2 fully saturated rings. The van der Waals surface area contributed by atoms with Gasteiger partial charge in [0.1, 0.15) is 0 Å². The van der Waals surface area contributed by atoms with Crippen molar-refractivity contribution < 1.29 is 8.42 Å². The van der Waals surface area contributed by atoms with E-state index in [1.165, 1.54) is 12.8 Å². The van der Waals surface area contributed by atoms with Crippen molar-refractivity contribution in [1.29, 1.82) is 0 Å². The number of sulfonamides is 1. The number of nitrogens with zero attached hydrogens (tertiary/aromatic N) is 1. The quantitative estimate of drug-likeness (QED) is 0.878. The molecule has 1 aromatic carbocycles. The number of hydrogen-bond donors (Lipinski definition) is 1. The molecule has 1 aliphatic carbocycles. The molecule has 21 heavy (non-hydrogen) atoms. The molecule has 0 bridgehead atoms. The number of hydrogen-bond acceptors (Lipinski definition) is 3. The average Bonchev–Trinajstić information content (AvgIpc) is 3.19. The lowest BCUT2D eigenvalue weighted by Gasteiger charge is -2.23. The van der Waals surface area contributed by atoms with Gasteiger partial charge in [0.2, 0.25) is 10.0 Å². The molecule has 1 saturated heterocycles. The van der Waals surface area contributed by atoms with Gasteiger partial charge in [-0.2, -0.15) is 4.31 Å². The predicted molar refractivity (Wildman–Crippen MR) is 83.5 cm³/mol. The largest absolute Gasteiger partial charge is 0.310 e. The van der Waals surface area contributed by atoms with E-state index >= 15 is 0 Å². The summed E-state index contributed by atoms with van der Waals surface area (Å²) in [6, 6.07) is 8.21. The zero-order valence-corrected chi connectivity index (χ0v) is 13.4. The lowest BCUT2D eigenvalue weighted by atomic mass is 10.2. The maximum atomic E-state index is 12.7. The maximum Gasteiger partial charge on any atom is 0.243 e. The molecule has 0 amide bonds. The van der Waals surface area contributed by atoms with Crippen molar-refractivity contribution >= 4 is 10.0 Å². The summed E-state index contributed by atoms with van der Waals surface area (Å²) in [6.07, 6.45) is 5.38. The Balaban J connectivity index is 1.72. The Morgan fingerprint density at radius 1 is 1.19 bits per heavy atom. The van der Waals surface area contributed by atoms with Crippen LogP contribution in [0.15, 0.2) is 29.2 Å². The van der Waals surface area contributed by atoms with Gasteiger partial charge in [0.15, 0.2) is 0 Å². The van der Waals surface area contributed by atoms with Gasteiger partial charge in [-0.15, -0.1) is 0 Å². The molecule has 1 N–H and O–H groups in total. The van der Waals surface area contributed by atoms with Crippen LogP contribution < -0.4 is 5.32 Å². The molecular formula is C16H24N2O2S. The van der Waals surface area contributed by atoms with Gasteiger partial charge in [0.25, 0.3) is 0 Å². The van der Waals surface area contributed by atoms with E-state index in [1.807, 2.05) is 12.1 Å². The first-order valence-electron chi connectivity index (χ1n) is 7.95. The highest BCUT2D eigenvalue weighted by Crippen LogP contribution is 2.28. The topological polar surface area (TPSA) is 49.4 Å². The summed E-state index contributed by atoms with van der Waals surface area (Å²) in [7, 11) is -3.32. The zero-order chi connectivity index (χ0) is 14.9. The Hall–Kier alpha value is -0.910. The summed E-state index contributed by atoms with van der Waals surface area (Å²) < 4.78 is 27.1. The molecule has 3 rings (SSSR count). The van der Waals surface area contributed by atoms with E-state index in [0.29, 0.717) is 17.5 Å². The first kappa shape index (κ1) is 15.0. The summed E-state index contributed by atoms with van der Waals surface area (Å²) in [4.78, 5) is 0.429. The molecule has 1 heterocycles.